The van der Waals surface area contributed by atoms with Crippen LogP contribution < -0.4 is 40.4 Å². The molecule has 0 fully saturated rings. The van der Waals surface area contributed by atoms with E-state index in [1.165, 1.54) is 18.2 Å². The Labute approximate surface area is 86.3 Å². The van der Waals surface area contributed by atoms with E-state index < -0.39 is 0 Å². The van der Waals surface area contributed by atoms with Crippen LogP contribution in [-0.4, -0.2) is 0 Å². The van der Waals surface area contributed by atoms with Crippen LogP contribution in [-0.2, 0) is 0 Å². The molecule has 0 aliphatic rings. The zero-order valence-electron chi connectivity index (χ0n) is 5.60. The molecule has 0 heterocycles. The summed E-state index contributed by atoms with van der Waals surface area (Å²) in [6, 6.07) is 4.16. The molecule has 0 aromatic heterocycles. The van der Waals surface area contributed by atoms with Gasteiger partial charge in [-0.3, -0.25) is 0 Å². The Morgan fingerprint density at radius 1 is 1.40 bits per heavy atom. The minimum Gasteiger partial charge on any atom is -0.872 e. The van der Waals surface area contributed by atoms with Gasteiger partial charge in [-0.2, -0.15) is 0 Å². The van der Waals surface area contributed by atoms with Crippen LogP contribution in [0.4, 0.5) is 5.69 Å². The van der Waals surface area contributed by atoms with Gasteiger partial charge >= 0.3 is 29.6 Å². The summed E-state index contributed by atoms with van der Waals surface area (Å²) >= 11 is 5.49. The Balaban J connectivity index is 0.000000810. The van der Waals surface area contributed by atoms with E-state index >= 15 is 0 Å². The minimum absolute atomic E-state index is 0. The predicted molar refractivity (Wildman–Crippen MR) is 35.3 cm³/mol. The van der Waals surface area contributed by atoms with E-state index in [1.54, 1.807) is 0 Å². The molecule has 0 aliphatic carbocycles. The molecule has 48 valence electrons. The van der Waals surface area contributed by atoms with Crippen molar-refractivity contribution in [2.75, 3.05) is 5.73 Å². The summed E-state index contributed by atoms with van der Waals surface area (Å²) < 4.78 is 0. The summed E-state index contributed by atoms with van der Waals surface area (Å²) in [5, 5.41) is 10.8. The number of benzene rings is 1. The van der Waals surface area contributed by atoms with Gasteiger partial charge in [0.15, 0.2) is 0 Å². The molecule has 1 aromatic carbocycles. The van der Waals surface area contributed by atoms with E-state index in [0.29, 0.717) is 10.7 Å². The molecule has 2 nitrogen and oxygen atoms in total. The normalized spacial score (nSPS) is 8.50. The zero-order valence-corrected chi connectivity index (χ0v) is 8.35. The fourth-order valence-corrected chi connectivity index (χ4v) is 0.678. The summed E-state index contributed by atoms with van der Waals surface area (Å²) in [7, 11) is 0. The minimum atomic E-state index is -0.116. The average molecular weight is 166 g/mol. The van der Waals surface area contributed by atoms with E-state index in [-0.39, 0.29) is 35.3 Å². The number of halogens is 1. The largest absolute Gasteiger partial charge is 1.00 e. The molecule has 1 aromatic rings. The maximum atomic E-state index is 10.5. The number of nitrogen functional groups attached to an aromatic ring is 1. The average Bonchev–Trinajstić information content (AvgIpc) is 1.80. The maximum Gasteiger partial charge on any atom is 1.00 e. The second kappa shape index (κ2) is 4.09. The van der Waals surface area contributed by atoms with Crippen LogP contribution >= 0.6 is 11.6 Å². The van der Waals surface area contributed by atoms with Gasteiger partial charge in [0.25, 0.3) is 0 Å². The first-order chi connectivity index (χ1) is 4.20. The van der Waals surface area contributed by atoms with Gasteiger partial charge in [0.1, 0.15) is 0 Å². The third kappa shape index (κ3) is 2.39. The summed E-state index contributed by atoms with van der Waals surface area (Å²) in [5.74, 6) is -0.116. The zero-order chi connectivity index (χ0) is 6.85. The van der Waals surface area contributed by atoms with Gasteiger partial charge in [0.2, 0.25) is 0 Å². The van der Waals surface area contributed by atoms with Crippen molar-refractivity contribution in [2.24, 2.45) is 0 Å². The van der Waals surface area contributed by atoms with Crippen molar-refractivity contribution in [1.82, 2.24) is 0 Å². The van der Waals surface area contributed by atoms with Crippen LogP contribution in [0.2, 0.25) is 5.02 Å². The second-order valence-electron chi connectivity index (χ2n) is 1.68. The van der Waals surface area contributed by atoms with E-state index in [0.717, 1.165) is 0 Å². The molecule has 1 rings (SSSR count). The number of anilines is 1. The Morgan fingerprint density at radius 2 is 2.00 bits per heavy atom. The predicted octanol–water partition coefficient (Wildman–Crippen LogP) is -2.00. The molecule has 4 heteroatoms. The maximum absolute atomic E-state index is 10.5. The number of nitrogens with two attached hydrogens (primary N) is 1. The van der Waals surface area contributed by atoms with Gasteiger partial charge < -0.3 is 10.8 Å². The molecule has 0 saturated carbocycles. The van der Waals surface area contributed by atoms with Crippen LogP contribution in [0.15, 0.2) is 18.2 Å². The molecule has 0 amide bonds. The van der Waals surface area contributed by atoms with Crippen molar-refractivity contribution in [1.29, 1.82) is 0 Å². The molecule has 0 aliphatic heterocycles. The summed E-state index contributed by atoms with van der Waals surface area (Å²) in [4.78, 5) is 0. The van der Waals surface area contributed by atoms with Crippen molar-refractivity contribution >= 4 is 17.3 Å². The molecular formula is C6H5ClNNaO. The van der Waals surface area contributed by atoms with Crippen molar-refractivity contribution < 1.29 is 34.7 Å². The van der Waals surface area contributed by atoms with E-state index in [4.69, 9.17) is 17.3 Å². The molecule has 0 unspecified atom stereocenters. The fourth-order valence-electron chi connectivity index (χ4n) is 0.508. The van der Waals surface area contributed by atoms with Gasteiger partial charge in [-0.15, -0.1) is 5.75 Å². The fraction of sp³-hybridized carbons (Fsp3) is 0. The van der Waals surface area contributed by atoms with Crippen LogP contribution in [0.25, 0.3) is 0 Å². The first kappa shape index (κ1) is 10.1. The first-order valence-electron chi connectivity index (χ1n) is 2.42. The Bertz CT molecular complexity index is 229. The van der Waals surface area contributed by atoms with Crippen molar-refractivity contribution in [2.45, 2.75) is 0 Å². The van der Waals surface area contributed by atoms with Crippen molar-refractivity contribution in [3.8, 4) is 5.75 Å². The molecule has 0 saturated heterocycles. The van der Waals surface area contributed by atoms with Crippen molar-refractivity contribution in [3.05, 3.63) is 23.2 Å². The second-order valence-corrected chi connectivity index (χ2v) is 2.09. The third-order valence-corrected chi connectivity index (χ3v) is 1.30. The smallest absolute Gasteiger partial charge is 0.872 e. The number of hydrogen-bond donors (Lipinski definition) is 1. The van der Waals surface area contributed by atoms with E-state index in [9.17, 15) is 5.11 Å². The van der Waals surface area contributed by atoms with Crippen LogP contribution in [0.1, 0.15) is 0 Å². The Hall–Kier alpha value is 0.110. The van der Waals surface area contributed by atoms with Crippen LogP contribution in [0, 0.1) is 0 Å². The van der Waals surface area contributed by atoms with Crippen LogP contribution in [0.3, 0.4) is 0 Å². The topological polar surface area (TPSA) is 49.1 Å². The monoisotopic (exact) mass is 165 g/mol. The number of rotatable bonds is 0. The van der Waals surface area contributed by atoms with Gasteiger partial charge in [0, 0.05) is 0 Å². The molecule has 2 N–H and O–H groups in total. The molecule has 0 spiro atoms. The quantitative estimate of drug-likeness (QED) is 0.357. The molecular weight excluding hydrogens is 161 g/mol. The van der Waals surface area contributed by atoms with Gasteiger partial charge in [-0.05, 0) is 12.1 Å². The summed E-state index contributed by atoms with van der Waals surface area (Å²) in [5.41, 5.74) is 5.76. The molecule has 0 atom stereocenters. The van der Waals surface area contributed by atoms with E-state index in [1.807, 2.05) is 0 Å². The van der Waals surface area contributed by atoms with Crippen LogP contribution in [0.5, 0.6) is 5.75 Å². The third-order valence-electron chi connectivity index (χ3n) is 0.972. The molecule has 0 radical (unpaired) electrons. The summed E-state index contributed by atoms with van der Waals surface area (Å²) in [6.45, 7) is 0. The number of hydrogen-bond acceptors (Lipinski definition) is 2. The Kier molecular flexibility index (Phi) is 4.13. The summed E-state index contributed by atoms with van der Waals surface area (Å²) in [6.07, 6.45) is 0. The van der Waals surface area contributed by atoms with Gasteiger partial charge in [-0.1, -0.05) is 17.7 Å². The van der Waals surface area contributed by atoms with Gasteiger partial charge in [-0.25, -0.2) is 0 Å². The molecule has 0 bridgehead atoms. The van der Waals surface area contributed by atoms with Gasteiger partial charge in [0.05, 0.1) is 10.7 Å². The molecule has 10 heavy (non-hydrogen) atoms. The van der Waals surface area contributed by atoms with Crippen molar-refractivity contribution in [3.63, 3.8) is 0 Å². The first-order valence-corrected chi connectivity index (χ1v) is 2.80. The standard InChI is InChI=1S/C6H6ClNO.Na/c7-5-3-4(9)1-2-6(5)8;/h1-3,9H,8H2;/q;+1/p-1. The SMILES string of the molecule is Nc1ccc([O-])cc1Cl.[Na+]. The Morgan fingerprint density at radius 3 is 2.40 bits per heavy atom. The van der Waals surface area contributed by atoms with E-state index in [2.05, 4.69) is 0 Å².